The van der Waals surface area contributed by atoms with Crippen LogP contribution in [0.3, 0.4) is 0 Å². The van der Waals surface area contributed by atoms with Gasteiger partial charge in [0.1, 0.15) is 23.0 Å². The maximum atomic E-state index is 12.2. The number of nitro groups is 1. The number of ether oxygens (including phenoxy) is 1. The fourth-order valence-corrected chi connectivity index (χ4v) is 6.44. The van der Waals surface area contributed by atoms with Crippen LogP contribution in [0, 0.1) is 10.1 Å². The number of amides is 1. The summed E-state index contributed by atoms with van der Waals surface area (Å²) in [7, 11) is 5.02. The molecule has 1 amide bonds. The van der Waals surface area contributed by atoms with Gasteiger partial charge in [-0.05, 0) is 62.1 Å². The molecule has 14 heteroatoms. The zero-order valence-corrected chi connectivity index (χ0v) is 27.6. The molecule has 2 aliphatic carbocycles. The molecule has 0 unspecified atom stereocenters. The van der Waals surface area contributed by atoms with Gasteiger partial charge in [0.25, 0.3) is 0 Å². The van der Waals surface area contributed by atoms with E-state index in [9.17, 15) is 19.7 Å². The van der Waals surface area contributed by atoms with Crippen LogP contribution in [-0.2, 0) is 31.4 Å². The molecule has 0 atom stereocenters. The van der Waals surface area contributed by atoms with E-state index >= 15 is 0 Å². The summed E-state index contributed by atoms with van der Waals surface area (Å²) in [5.74, 6) is -0.284. The summed E-state index contributed by atoms with van der Waals surface area (Å²) in [6.45, 7) is 0. The third kappa shape index (κ3) is 5.13. The number of carbonyl (C=O) groups excluding carboxylic acids is 2. The summed E-state index contributed by atoms with van der Waals surface area (Å²) in [6, 6.07) is 11.4. The van der Waals surface area contributed by atoms with Crippen LogP contribution in [0.25, 0.3) is 21.8 Å². The Hall–Kier alpha value is -3.32. The van der Waals surface area contributed by atoms with Gasteiger partial charge in [-0.15, -0.1) is 0 Å². The molecular formula is C29H26Br2FeN6O5. The second kappa shape index (κ2) is 11.3. The number of carbonyl (C=O) groups is 2. The van der Waals surface area contributed by atoms with Crippen molar-refractivity contribution >= 4 is 88.3 Å². The van der Waals surface area contributed by atoms with Crippen LogP contribution in [0.2, 0.25) is 0 Å². The van der Waals surface area contributed by atoms with Gasteiger partial charge in [0.05, 0.1) is 40.6 Å². The van der Waals surface area contributed by atoms with E-state index in [2.05, 4.69) is 58.1 Å². The first kappa shape index (κ1) is 31.1. The zero-order chi connectivity index (χ0) is 30.0. The van der Waals surface area contributed by atoms with Crippen molar-refractivity contribution in [2.45, 2.75) is 36.8 Å². The minimum absolute atomic E-state index is 0. The van der Waals surface area contributed by atoms with Crippen LogP contribution in [0.4, 0.5) is 22.7 Å². The van der Waals surface area contributed by atoms with Crippen molar-refractivity contribution in [2.75, 3.05) is 36.3 Å². The summed E-state index contributed by atoms with van der Waals surface area (Å²) >= 11 is 6.88. The molecule has 2 fully saturated rings. The number of aromatic nitrogens is 2. The van der Waals surface area contributed by atoms with E-state index in [0.717, 1.165) is 44.1 Å². The van der Waals surface area contributed by atoms with Crippen molar-refractivity contribution < 1.29 is 36.3 Å². The Morgan fingerprint density at radius 2 is 1.63 bits per heavy atom. The van der Waals surface area contributed by atoms with E-state index in [1.165, 1.54) is 13.3 Å². The van der Waals surface area contributed by atoms with E-state index in [-0.39, 0.29) is 40.2 Å². The predicted molar refractivity (Wildman–Crippen MR) is 167 cm³/mol. The van der Waals surface area contributed by atoms with Crippen LogP contribution >= 0.6 is 31.9 Å². The van der Waals surface area contributed by atoms with Gasteiger partial charge in [-0.2, -0.15) is 0 Å². The fourth-order valence-electron chi connectivity index (χ4n) is 5.71. The number of fused-ring (bicyclic) bond motifs is 4. The van der Waals surface area contributed by atoms with Gasteiger partial charge in [0.15, 0.2) is 0 Å². The molecule has 0 radical (unpaired) electrons. The second-order valence-electron chi connectivity index (χ2n) is 10.7. The van der Waals surface area contributed by atoms with Gasteiger partial charge in [-0.1, -0.05) is 31.9 Å². The van der Waals surface area contributed by atoms with Crippen LogP contribution in [0.5, 0.6) is 0 Å². The topological polar surface area (TPSA) is 131 Å². The normalized spacial score (nSPS) is 16.8. The van der Waals surface area contributed by atoms with E-state index in [1.807, 2.05) is 25.2 Å². The SMILES string of the molecule is CN1c2c(cnc3ccc(Br)cc23)NC(=O)C12CC2.COC(=O)C1(N(C)c2c([N+](=O)[O-])cnc3ccc(Br)cc23)CC1.[Fe]. The predicted octanol–water partition coefficient (Wildman–Crippen LogP) is 5.96. The van der Waals surface area contributed by atoms with E-state index in [4.69, 9.17) is 4.74 Å². The summed E-state index contributed by atoms with van der Waals surface area (Å²) in [6.07, 6.45) is 6.03. The van der Waals surface area contributed by atoms with Crippen molar-refractivity contribution in [3.63, 3.8) is 0 Å². The number of nitrogens with zero attached hydrogens (tertiary/aromatic N) is 5. The Bertz CT molecular complexity index is 1810. The Labute approximate surface area is 274 Å². The number of anilines is 3. The molecule has 7 rings (SSSR count). The third-order valence-electron chi connectivity index (χ3n) is 8.42. The number of nitrogens with one attached hydrogen (secondary N) is 1. The number of likely N-dealkylation sites (N-methyl/N-ethyl adjacent to an activating group) is 2. The first-order chi connectivity index (χ1) is 20.0. The second-order valence-corrected chi connectivity index (χ2v) is 12.6. The average Bonchev–Trinajstić information content (AvgIpc) is 3.90. The van der Waals surface area contributed by atoms with Gasteiger partial charge in [0, 0.05) is 50.9 Å². The molecule has 43 heavy (non-hydrogen) atoms. The van der Waals surface area contributed by atoms with Crippen LogP contribution in [-0.4, -0.2) is 59.1 Å². The molecule has 1 N–H and O–H groups in total. The summed E-state index contributed by atoms with van der Waals surface area (Å²) < 4.78 is 6.68. The molecule has 2 aromatic heterocycles. The maximum Gasteiger partial charge on any atom is 0.331 e. The first-order valence-corrected chi connectivity index (χ1v) is 14.8. The molecule has 224 valence electrons. The molecule has 1 aliphatic heterocycles. The Kier molecular flexibility index (Phi) is 8.18. The number of hydrogen-bond acceptors (Lipinski definition) is 9. The number of methoxy groups -OCH3 is 1. The summed E-state index contributed by atoms with van der Waals surface area (Å²) in [4.78, 5) is 47.6. The van der Waals surface area contributed by atoms with Crippen LogP contribution in [0.1, 0.15) is 25.7 Å². The van der Waals surface area contributed by atoms with Crippen molar-refractivity contribution in [3.8, 4) is 0 Å². The van der Waals surface area contributed by atoms with E-state index in [1.54, 1.807) is 30.3 Å². The molecular weight excluding hydrogens is 728 g/mol. The molecule has 3 heterocycles. The number of hydrogen-bond donors (Lipinski definition) is 1. The van der Waals surface area contributed by atoms with Crippen LogP contribution in [0.15, 0.2) is 57.7 Å². The first-order valence-electron chi connectivity index (χ1n) is 13.2. The van der Waals surface area contributed by atoms with Crippen LogP contribution < -0.4 is 15.1 Å². The number of pyridine rings is 2. The molecule has 3 aliphatic rings. The monoisotopic (exact) mass is 752 g/mol. The molecule has 4 aromatic rings. The van der Waals surface area contributed by atoms with Crippen molar-refractivity contribution in [2.24, 2.45) is 0 Å². The largest absolute Gasteiger partial charge is 0.467 e. The number of halogens is 2. The number of rotatable bonds is 4. The molecule has 0 saturated heterocycles. The van der Waals surface area contributed by atoms with Crippen molar-refractivity contribution in [3.05, 3.63) is 67.9 Å². The fraction of sp³-hybridized carbons (Fsp3) is 0.310. The van der Waals surface area contributed by atoms with E-state index in [0.29, 0.717) is 29.4 Å². The minimum atomic E-state index is -0.837. The van der Waals surface area contributed by atoms with Gasteiger partial charge >= 0.3 is 11.7 Å². The summed E-state index contributed by atoms with van der Waals surface area (Å²) in [5.41, 5.74) is 2.53. The van der Waals surface area contributed by atoms with Crippen molar-refractivity contribution in [1.29, 1.82) is 0 Å². The Balaban J connectivity index is 0.000000170. The maximum absolute atomic E-state index is 12.2. The molecule has 2 aromatic carbocycles. The smallest absolute Gasteiger partial charge is 0.331 e. The Morgan fingerprint density at radius 3 is 2.19 bits per heavy atom. The minimum Gasteiger partial charge on any atom is -0.467 e. The summed E-state index contributed by atoms with van der Waals surface area (Å²) in [5, 5.41) is 16.1. The molecule has 2 saturated carbocycles. The standard InChI is InChI=1S/C15H14BrN3O4.C14H12BrN3O.Fe/c1-18(15(5-6-15)14(20)23-2)13-10-7-9(16)3-4-11(10)17-8-12(13)19(21)22;1-18-12-9-6-8(15)2-3-10(9)16-7-11(12)17-13(19)14(18)4-5-14;/h3-4,7-8H,5-6H2,1-2H3;2-3,6-7H,4-5H2,1H3,(H,17,19);. The molecule has 1 spiro atoms. The van der Waals surface area contributed by atoms with Crippen molar-refractivity contribution in [1.82, 2.24) is 9.97 Å². The molecule has 0 bridgehead atoms. The number of esters is 1. The molecule has 11 nitrogen and oxygen atoms in total. The van der Waals surface area contributed by atoms with Gasteiger partial charge in [-0.3, -0.25) is 19.9 Å². The number of benzene rings is 2. The Morgan fingerprint density at radius 1 is 1.05 bits per heavy atom. The quantitative estimate of drug-likeness (QED) is 0.116. The third-order valence-corrected chi connectivity index (χ3v) is 9.41. The van der Waals surface area contributed by atoms with Gasteiger partial charge in [-0.25, -0.2) is 9.78 Å². The van der Waals surface area contributed by atoms with E-state index < -0.39 is 10.5 Å². The zero-order valence-electron chi connectivity index (χ0n) is 23.3. The van der Waals surface area contributed by atoms with Gasteiger partial charge < -0.3 is 19.9 Å². The average molecular weight is 754 g/mol. The van der Waals surface area contributed by atoms with Gasteiger partial charge in [0.2, 0.25) is 5.91 Å².